The molecule has 0 aliphatic carbocycles. The van der Waals surface area contributed by atoms with Gasteiger partial charge in [-0.2, -0.15) is 0 Å². The second-order valence-electron chi connectivity index (χ2n) is 5.28. The van der Waals surface area contributed by atoms with Crippen molar-refractivity contribution in [2.45, 2.75) is 32.1 Å². The Bertz CT molecular complexity index is 622. The van der Waals surface area contributed by atoms with Gasteiger partial charge in [0.2, 0.25) is 11.9 Å². The topological polar surface area (TPSA) is 71.0 Å². The van der Waals surface area contributed by atoms with E-state index in [2.05, 4.69) is 25.6 Å². The molecule has 0 bridgehead atoms. The minimum Gasteiger partial charge on any atom is -0.343 e. The zero-order valence-corrected chi connectivity index (χ0v) is 13.3. The molecule has 1 aliphatic rings. The number of thiazole rings is 1. The van der Waals surface area contributed by atoms with Crippen LogP contribution in [0.4, 0.5) is 11.1 Å². The highest BCUT2D eigenvalue weighted by atomic mass is 32.1. The second-order valence-corrected chi connectivity index (χ2v) is 6.14. The summed E-state index contributed by atoms with van der Waals surface area (Å²) in [6, 6.07) is 1.78. The lowest BCUT2D eigenvalue weighted by Gasteiger charge is -2.31. The fourth-order valence-corrected chi connectivity index (χ4v) is 3.42. The first-order valence-electron chi connectivity index (χ1n) is 7.53. The molecular formula is C15H19N5OS. The Morgan fingerprint density at radius 2 is 2.09 bits per heavy atom. The van der Waals surface area contributed by atoms with Crippen LogP contribution in [0.3, 0.4) is 0 Å². The fraction of sp³-hybridized carbons (Fsp3) is 0.467. The summed E-state index contributed by atoms with van der Waals surface area (Å²) in [5, 5.41) is 6.02. The predicted molar refractivity (Wildman–Crippen MR) is 86.3 cm³/mol. The molecule has 1 N–H and O–H groups in total. The van der Waals surface area contributed by atoms with Crippen molar-refractivity contribution < 1.29 is 4.79 Å². The number of amides is 1. The monoisotopic (exact) mass is 317 g/mol. The summed E-state index contributed by atoms with van der Waals surface area (Å²) in [7, 11) is 0. The number of anilines is 2. The van der Waals surface area contributed by atoms with E-state index in [1.807, 2.05) is 11.8 Å². The Kier molecular flexibility index (Phi) is 4.62. The largest absolute Gasteiger partial charge is 0.343 e. The van der Waals surface area contributed by atoms with Crippen LogP contribution in [0, 0.1) is 0 Å². The first-order valence-corrected chi connectivity index (χ1v) is 8.41. The van der Waals surface area contributed by atoms with Gasteiger partial charge in [0.05, 0.1) is 5.69 Å². The molecule has 3 heterocycles. The Labute approximate surface area is 133 Å². The van der Waals surface area contributed by atoms with Crippen molar-refractivity contribution in [2.24, 2.45) is 0 Å². The van der Waals surface area contributed by atoms with Crippen LogP contribution in [0.15, 0.2) is 23.8 Å². The van der Waals surface area contributed by atoms with Gasteiger partial charge in [-0.1, -0.05) is 6.92 Å². The van der Waals surface area contributed by atoms with Crippen molar-refractivity contribution in [2.75, 3.05) is 18.4 Å². The number of hydrogen-bond acceptors (Lipinski definition) is 6. The van der Waals surface area contributed by atoms with E-state index in [-0.39, 0.29) is 5.91 Å². The van der Waals surface area contributed by atoms with E-state index in [9.17, 15) is 4.79 Å². The molecule has 1 saturated heterocycles. The fourth-order valence-electron chi connectivity index (χ4n) is 2.64. The standard InChI is InChI=1S/C15H19N5OS/c1-2-13(21)20-8-4-11(5-9-20)12-10-22-15(18-12)19-14-16-6-3-7-17-14/h3,6-7,10-11H,2,4-5,8-9H2,1H3,(H,16,17,18,19). The third kappa shape index (κ3) is 3.41. The summed E-state index contributed by atoms with van der Waals surface area (Å²) in [6.45, 7) is 3.58. The van der Waals surface area contributed by atoms with Crippen LogP contribution in [0.1, 0.15) is 37.8 Å². The van der Waals surface area contributed by atoms with E-state index in [0.717, 1.165) is 36.8 Å². The number of piperidine rings is 1. The quantitative estimate of drug-likeness (QED) is 0.939. The van der Waals surface area contributed by atoms with E-state index < -0.39 is 0 Å². The zero-order valence-electron chi connectivity index (χ0n) is 12.5. The molecule has 7 heteroatoms. The van der Waals surface area contributed by atoms with Crippen molar-refractivity contribution in [3.05, 3.63) is 29.5 Å². The summed E-state index contributed by atoms with van der Waals surface area (Å²) < 4.78 is 0. The normalized spacial score (nSPS) is 15.8. The number of aromatic nitrogens is 3. The Hall–Kier alpha value is -2.02. The molecule has 0 spiro atoms. The van der Waals surface area contributed by atoms with Crippen LogP contribution in [0.2, 0.25) is 0 Å². The summed E-state index contributed by atoms with van der Waals surface area (Å²) in [6.07, 6.45) is 5.95. The highest BCUT2D eigenvalue weighted by Gasteiger charge is 2.24. The maximum Gasteiger partial charge on any atom is 0.228 e. The van der Waals surface area contributed by atoms with Crippen molar-refractivity contribution in [3.8, 4) is 0 Å². The van der Waals surface area contributed by atoms with E-state index in [1.54, 1.807) is 29.8 Å². The van der Waals surface area contributed by atoms with Gasteiger partial charge >= 0.3 is 0 Å². The molecule has 0 unspecified atom stereocenters. The lowest BCUT2D eigenvalue weighted by molar-refractivity contribution is -0.131. The summed E-state index contributed by atoms with van der Waals surface area (Å²) in [5.74, 6) is 1.25. The van der Waals surface area contributed by atoms with Crippen LogP contribution in [0.5, 0.6) is 0 Å². The Balaban J connectivity index is 1.59. The van der Waals surface area contributed by atoms with Crippen LogP contribution in [-0.2, 0) is 4.79 Å². The number of likely N-dealkylation sites (tertiary alicyclic amines) is 1. The van der Waals surface area contributed by atoms with Crippen LogP contribution >= 0.6 is 11.3 Å². The third-order valence-electron chi connectivity index (χ3n) is 3.87. The summed E-state index contributed by atoms with van der Waals surface area (Å²) in [5.41, 5.74) is 1.10. The number of carbonyl (C=O) groups excluding carboxylic acids is 1. The number of carbonyl (C=O) groups is 1. The van der Waals surface area contributed by atoms with Crippen LogP contribution in [-0.4, -0.2) is 38.8 Å². The second kappa shape index (κ2) is 6.83. The minimum absolute atomic E-state index is 0.250. The van der Waals surface area contributed by atoms with Gasteiger partial charge in [0.1, 0.15) is 0 Å². The van der Waals surface area contributed by atoms with Crippen LogP contribution < -0.4 is 5.32 Å². The van der Waals surface area contributed by atoms with Gasteiger partial charge in [0.15, 0.2) is 5.13 Å². The number of nitrogens with zero attached hydrogens (tertiary/aromatic N) is 4. The van der Waals surface area contributed by atoms with Gasteiger partial charge in [-0.15, -0.1) is 11.3 Å². The zero-order chi connectivity index (χ0) is 15.4. The molecule has 116 valence electrons. The molecule has 1 amide bonds. The third-order valence-corrected chi connectivity index (χ3v) is 4.65. The first kappa shape index (κ1) is 14.9. The van der Waals surface area contributed by atoms with Gasteiger partial charge in [-0.3, -0.25) is 4.79 Å². The van der Waals surface area contributed by atoms with Gasteiger partial charge < -0.3 is 10.2 Å². The maximum absolute atomic E-state index is 11.7. The van der Waals surface area contributed by atoms with Crippen molar-refractivity contribution in [1.82, 2.24) is 19.9 Å². The molecule has 0 atom stereocenters. The van der Waals surface area contributed by atoms with Gasteiger partial charge in [0.25, 0.3) is 0 Å². The molecular weight excluding hydrogens is 298 g/mol. The molecule has 2 aromatic heterocycles. The molecule has 3 rings (SSSR count). The van der Waals surface area contributed by atoms with Crippen LogP contribution in [0.25, 0.3) is 0 Å². The number of rotatable bonds is 4. The average molecular weight is 317 g/mol. The highest BCUT2D eigenvalue weighted by Crippen LogP contribution is 2.31. The molecule has 0 saturated carbocycles. The van der Waals surface area contributed by atoms with E-state index >= 15 is 0 Å². The first-order chi connectivity index (χ1) is 10.8. The maximum atomic E-state index is 11.7. The average Bonchev–Trinajstić information content (AvgIpc) is 3.04. The van der Waals surface area contributed by atoms with Gasteiger partial charge in [-0.05, 0) is 18.9 Å². The van der Waals surface area contributed by atoms with Crippen molar-refractivity contribution in [1.29, 1.82) is 0 Å². The molecule has 0 radical (unpaired) electrons. The Morgan fingerprint density at radius 3 is 2.77 bits per heavy atom. The lowest BCUT2D eigenvalue weighted by Crippen LogP contribution is -2.37. The van der Waals surface area contributed by atoms with Crippen molar-refractivity contribution in [3.63, 3.8) is 0 Å². The summed E-state index contributed by atoms with van der Waals surface area (Å²) in [4.78, 5) is 26.6. The van der Waals surface area contributed by atoms with E-state index in [1.165, 1.54) is 0 Å². The molecule has 2 aromatic rings. The highest BCUT2D eigenvalue weighted by molar-refractivity contribution is 7.13. The number of hydrogen-bond donors (Lipinski definition) is 1. The molecule has 1 fully saturated rings. The van der Waals surface area contributed by atoms with E-state index in [0.29, 0.717) is 18.3 Å². The molecule has 22 heavy (non-hydrogen) atoms. The van der Waals surface area contributed by atoms with E-state index in [4.69, 9.17) is 0 Å². The molecule has 1 aliphatic heterocycles. The number of nitrogens with one attached hydrogen (secondary N) is 1. The van der Waals surface area contributed by atoms with Crippen molar-refractivity contribution >= 4 is 28.3 Å². The molecule has 0 aromatic carbocycles. The predicted octanol–water partition coefficient (Wildman–Crippen LogP) is 2.79. The van der Waals surface area contributed by atoms with Gasteiger partial charge in [0, 0.05) is 43.2 Å². The minimum atomic E-state index is 0.250. The Morgan fingerprint density at radius 1 is 1.36 bits per heavy atom. The smallest absolute Gasteiger partial charge is 0.228 e. The summed E-state index contributed by atoms with van der Waals surface area (Å²) >= 11 is 1.57. The SMILES string of the molecule is CCC(=O)N1CCC(c2csc(Nc3ncccn3)n2)CC1. The van der Waals surface area contributed by atoms with Gasteiger partial charge in [-0.25, -0.2) is 15.0 Å². The lowest BCUT2D eigenvalue weighted by atomic mass is 9.94. The molecule has 6 nitrogen and oxygen atoms in total.